The molecule has 0 fully saturated rings. The van der Waals surface area contributed by atoms with E-state index in [2.05, 4.69) is 6.07 Å². The van der Waals surface area contributed by atoms with Crippen LogP contribution in [-0.4, -0.2) is 14.2 Å². The second-order valence-corrected chi connectivity index (χ2v) is 4.07. The van der Waals surface area contributed by atoms with Gasteiger partial charge >= 0.3 is 0 Å². The van der Waals surface area contributed by atoms with E-state index < -0.39 is 5.82 Å². The summed E-state index contributed by atoms with van der Waals surface area (Å²) in [4.78, 5) is 0. The van der Waals surface area contributed by atoms with E-state index in [1.807, 2.05) is 0 Å². The highest BCUT2D eigenvalue weighted by molar-refractivity contribution is 5.54. The van der Waals surface area contributed by atoms with E-state index in [1.165, 1.54) is 20.3 Å². The van der Waals surface area contributed by atoms with Gasteiger partial charge in [-0.2, -0.15) is 5.26 Å². The van der Waals surface area contributed by atoms with Crippen molar-refractivity contribution < 1.29 is 13.9 Å². The van der Waals surface area contributed by atoms with Crippen molar-refractivity contribution in [3.05, 3.63) is 23.0 Å². The molecule has 4 heteroatoms. The molecular weight excluding hydrogens is 221 g/mol. The number of methoxy groups -OCH3 is 2. The Morgan fingerprint density at radius 1 is 1.35 bits per heavy atom. The fraction of sp³-hybridized carbons (Fsp3) is 0.462. The monoisotopic (exact) mass is 235 g/mol. The van der Waals surface area contributed by atoms with E-state index in [9.17, 15) is 4.39 Å². The molecule has 1 aromatic rings. The van der Waals surface area contributed by atoms with Crippen LogP contribution in [0.4, 0.5) is 4.39 Å². The Kier molecular flexibility index (Phi) is 3.19. The van der Waals surface area contributed by atoms with E-state index in [0.717, 1.165) is 30.4 Å². The van der Waals surface area contributed by atoms with E-state index >= 15 is 0 Å². The SMILES string of the molecule is COc1c(F)cc2c(c1OC)CCCC2C#N. The summed E-state index contributed by atoms with van der Waals surface area (Å²) in [5.74, 6) is -0.148. The standard InChI is InChI=1S/C13H14FNO2/c1-16-12-9-5-3-4-8(7-15)10(9)6-11(14)13(12)17-2/h6,8H,3-5H2,1-2H3. The lowest BCUT2D eigenvalue weighted by atomic mass is 9.83. The van der Waals surface area contributed by atoms with Gasteiger partial charge in [0.25, 0.3) is 0 Å². The van der Waals surface area contributed by atoms with Crippen molar-refractivity contribution in [1.29, 1.82) is 5.26 Å². The molecule has 0 radical (unpaired) electrons. The minimum atomic E-state index is -0.467. The Labute approximate surface area is 99.8 Å². The Morgan fingerprint density at radius 2 is 2.06 bits per heavy atom. The largest absolute Gasteiger partial charge is 0.492 e. The van der Waals surface area contributed by atoms with Crippen LogP contribution in [0.1, 0.15) is 29.9 Å². The van der Waals surface area contributed by atoms with Crippen molar-refractivity contribution in [2.24, 2.45) is 0 Å². The summed E-state index contributed by atoms with van der Waals surface area (Å²) in [5, 5.41) is 9.07. The smallest absolute Gasteiger partial charge is 0.197 e. The van der Waals surface area contributed by atoms with Crippen molar-refractivity contribution >= 4 is 0 Å². The van der Waals surface area contributed by atoms with Crippen molar-refractivity contribution in [2.75, 3.05) is 14.2 Å². The molecule has 0 bridgehead atoms. The fourth-order valence-corrected chi connectivity index (χ4v) is 2.41. The van der Waals surface area contributed by atoms with Crippen LogP contribution in [0.25, 0.3) is 0 Å². The number of hydrogen-bond donors (Lipinski definition) is 0. The molecule has 1 unspecified atom stereocenters. The van der Waals surface area contributed by atoms with Gasteiger partial charge in [0.1, 0.15) is 0 Å². The van der Waals surface area contributed by atoms with E-state index in [0.29, 0.717) is 5.75 Å². The third-order valence-corrected chi connectivity index (χ3v) is 3.19. The highest BCUT2D eigenvalue weighted by atomic mass is 19.1. The normalized spacial score (nSPS) is 18.1. The van der Waals surface area contributed by atoms with Crippen LogP contribution in [-0.2, 0) is 6.42 Å². The van der Waals surface area contributed by atoms with Gasteiger partial charge in [-0.25, -0.2) is 4.39 Å². The zero-order valence-electron chi connectivity index (χ0n) is 9.92. The van der Waals surface area contributed by atoms with Crippen molar-refractivity contribution in [2.45, 2.75) is 25.2 Å². The molecule has 0 saturated heterocycles. The van der Waals surface area contributed by atoms with Crippen LogP contribution >= 0.6 is 0 Å². The zero-order chi connectivity index (χ0) is 12.4. The number of nitriles is 1. The average molecular weight is 235 g/mol. The van der Waals surface area contributed by atoms with Crippen LogP contribution in [0.2, 0.25) is 0 Å². The van der Waals surface area contributed by atoms with E-state index in [1.54, 1.807) is 0 Å². The Morgan fingerprint density at radius 3 is 2.65 bits per heavy atom. The van der Waals surface area contributed by atoms with Crippen LogP contribution < -0.4 is 9.47 Å². The Bertz CT molecular complexity index is 479. The van der Waals surface area contributed by atoms with Gasteiger partial charge in [0.2, 0.25) is 0 Å². The van der Waals surface area contributed by atoms with Crippen molar-refractivity contribution in [3.8, 4) is 17.6 Å². The molecule has 0 spiro atoms. The zero-order valence-corrected chi connectivity index (χ0v) is 9.92. The highest BCUT2D eigenvalue weighted by Gasteiger charge is 2.27. The summed E-state index contributed by atoms with van der Waals surface area (Å²) in [6, 6.07) is 3.62. The molecule has 0 aromatic heterocycles. The van der Waals surface area contributed by atoms with Crippen LogP contribution in [0.3, 0.4) is 0 Å². The van der Waals surface area contributed by atoms with Gasteiger partial charge in [-0.15, -0.1) is 0 Å². The summed E-state index contributed by atoms with van der Waals surface area (Å²) in [7, 11) is 2.91. The maximum Gasteiger partial charge on any atom is 0.197 e. The molecule has 90 valence electrons. The quantitative estimate of drug-likeness (QED) is 0.791. The summed E-state index contributed by atoms with van der Waals surface area (Å²) in [6.07, 6.45) is 2.49. The molecule has 0 aliphatic heterocycles. The number of benzene rings is 1. The van der Waals surface area contributed by atoms with Gasteiger partial charge in [-0.3, -0.25) is 0 Å². The molecule has 1 atom stereocenters. The van der Waals surface area contributed by atoms with Gasteiger partial charge in [-0.05, 0) is 30.9 Å². The second-order valence-electron chi connectivity index (χ2n) is 4.07. The fourth-order valence-electron chi connectivity index (χ4n) is 2.41. The van der Waals surface area contributed by atoms with E-state index in [4.69, 9.17) is 14.7 Å². The topological polar surface area (TPSA) is 42.2 Å². The van der Waals surface area contributed by atoms with Gasteiger partial charge in [-0.1, -0.05) is 0 Å². The molecule has 1 aliphatic carbocycles. The first-order valence-corrected chi connectivity index (χ1v) is 5.55. The number of fused-ring (bicyclic) bond motifs is 1. The number of nitrogens with zero attached hydrogens (tertiary/aromatic N) is 1. The van der Waals surface area contributed by atoms with E-state index in [-0.39, 0.29) is 11.7 Å². The lowest BCUT2D eigenvalue weighted by Crippen LogP contribution is -2.11. The highest BCUT2D eigenvalue weighted by Crippen LogP contribution is 2.43. The lowest BCUT2D eigenvalue weighted by Gasteiger charge is -2.24. The number of halogens is 1. The number of ether oxygens (including phenoxy) is 2. The predicted molar refractivity (Wildman–Crippen MR) is 60.8 cm³/mol. The number of hydrogen-bond acceptors (Lipinski definition) is 3. The second kappa shape index (κ2) is 4.62. The molecule has 17 heavy (non-hydrogen) atoms. The summed E-state index contributed by atoms with van der Waals surface area (Å²) in [6.45, 7) is 0. The third-order valence-electron chi connectivity index (χ3n) is 3.19. The van der Waals surface area contributed by atoms with Crippen LogP contribution in [0.5, 0.6) is 11.5 Å². The predicted octanol–water partition coefficient (Wildman–Crippen LogP) is 2.79. The summed E-state index contributed by atoms with van der Waals surface area (Å²) in [5.41, 5.74) is 1.65. The first kappa shape index (κ1) is 11.7. The first-order valence-electron chi connectivity index (χ1n) is 5.55. The average Bonchev–Trinajstić information content (AvgIpc) is 2.36. The molecule has 2 rings (SSSR count). The van der Waals surface area contributed by atoms with Gasteiger partial charge in [0, 0.05) is 5.56 Å². The van der Waals surface area contributed by atoms with Crippen LogP contribution in [0.15, 0.2) is 6.07 Å². The van der Waals surface area contributed by atoms with Crippen LogP contribution in [0, 0.1) is 17.1 Å². The molecule has 1 aromatic carbocycles. The summed E-state index contributed by atoms with van der Waals surface area (Å²) >= 11 is 0. The lowest BCUT2D eigenvalue weighted by molar-refractivity contribution is 0.332. The maximum atomic E-state index is 13.8. The Balaban J connectivity index is 2.65. The van der Waals surface area contributed by atoms with Gasteiger partial charge in [0.05, 0.1) is 26.2 Å². The molecular formula is C13H14FNO2. The minimum absolute atomic E-state index is 0.129. The van der Waals surface area contributed by atoms with Crippen molar-refractivity contribution in [1.82, 2.24) is 0 Å². The maximum absolute atomic E-state index is 13.8. The molecule has 0 heterocycles. The van der Waals surface area contributed by atoms with Gasteiger partial charge in [0.15, 0.2) is 17.3 Å². The molecule has 0 saturated carbocycles. The molecule has 0 amide bonds. The Hall–Kier alpha value is -1.76. The number of rotatable bonds is 2. The molecule has 0 N–H and O–H groups in total. The first-order chi connectivity index (χ1) is 8.22. The third kappa shape index (κ3) is 1.82. The summed E-state index contributed by atoms with van der Waals surface area (Å²) < 4.78 is 24.1. The molecule has 3 nitrogen and oxygen atoms in total. The molecule has 1 aliphatic rings. The van der Waals surface area contributed by atoms with Gasteiger partial charge < -0.3 is 9.47 Å². The minimum Gasteiger partial charge on any atom is -0.492 e. The van der Waals surface area contributed by atoms with Crippen molar-refractivity contribution in [3.63, 3.8) is 0 Å².